The van der Waals surface area contributed by atoms with Gasteiger partial charge in [-0.25, -0.2) is 9.97 Å². The fourth-order valence-electron chi connectivity index (χ4n) is 4.79. The quantitative estimate of drug-likeness (QED) is 0.422. The molecule has 3 heterocycles. The molecule has 152 valence electrons. The summed E-state index contributed by atoms with van der Waals surface area (Å²) >= 11 is 0. The van der Waals surface area contributed by atoms with Gasteiger partial charge in [0.15, 0.2) is 11.4 Å². The smallest absolute Gasteiger partial charge is 0.172 e. The molecule has 0 radical (unpaired) electrons. The number of nitrogens with zero attached hydrogens (tertiary/aromatic N) is 3. The van der Waals surface area contributed by atoms with Gasteiger partial charge < -0.3 is 9.55 Å². The van der Waals surface area contributed by atoms with Gasteiger partial charge in [-0.05, 0) is 43.5 Å². The Morgan fingerprint density at radius 3 is 2.70 bits per heavy atom. The molecule has 1 fully saturated rings. The first-order valence-corrected chi connectivity index (χ1v) is 10.8. The second kappa shape index (κ2) is 7.56. The van der Waals surface area contributed by atoms with E-state index in [1.807, 2.05) is 36.7 Å². The van der Waals surface area contributed by atoms with Gasteiger partial charge in [0.2, 0.25) is 0 Å². The lowest BCUT2D eigenvalue weighted by Crippen LogP contribution is -2.32. The maximum absolute atomic E-state index is 13.6. The maximum Gasteiger partial charge on any atom is 0.172 e. The van der Waals surface area contributed by atoms with Crippen LogP contribution in [0.4, 0.5) is 0 Å². The van der Waals surface area contributed by atoms with E-state index in [-0.39, 0.29) is 11.2 Å². The van der Waals surface area contributed by atoms with Gasteiger partial charge in [0, 0.05) is 35.3 Å². The minimum absolute atomic E-state index is 0.225. The van der Waals surface area contributed by atoms with Crippen LogP contribution in [0.3, 0.4) is 0 Å². The molecule has 0 saturated heterocycles. The van der Waals surface area contributed by atoms with Crippen LogP contribution in [-0.2, 0) is 0 Å². The number of rotatable bonds is 5. The second-order valence-corrected chi connectivity index (χ2v) is 8.32. The van der Waals surface area contributed by atoms with Crippen molar-refractivity contribution in [1.29, 1.82) is 0 Å². The maximum atomic E-state index is 13.6. The molecule has 1 aromatic carbocycles. The summed E-state index contributed by atoms with van der Waals surface area (Å²) in [5.41, 5.74) is 4.62. The molecule has 5 rings (SSSR count). The van der Waals surface area contributed by atoms with E-state index in [4.69, 9.17) is 4.98 Å². The largest absolute Gasteiger partial charge is 0.344 e. The highest BCUT2D eigenvalue weighted by Crippen LogP contribution is 2.42. The molecular formula is C25H26N4O. The molecule has 0 bridgehead atoms. The molecule has 5 nitrogen and oxygen atoms in total. The van der Waals surface area contributed by atoms with Crippen molar-refractivity contribution in [2.45, 2.75) is 45.4 Å². The van der Waals surface area contributed by atoms with Gasteiger partial charge in [0.1, 0.15) is 5.52 Å². The Morgan fingerprint density at radius 2 is 1.93 bits per heavy atom. The molecule has 1 saturated carbocycles. The van der Waals surface area contributed by atoms with Gasteiger partial charge in [-0.1, -0.05) is 38.3 Å². The lowest BCUT2D eigenvalue weighted by atomic mass is 9.68. The Labute approximate surface area is 176 Å². The SMILES string of the molecule is CCC1(C(=O)c2c[nH]c3ncc(-c4cccc(-n5cccc5)c4)nc23)CCCCC1. The summed E-state index contributed by atoms with van der Waals surface area (Å²) < 4.78 is 2.06. The Bertz CT molecular complexity index is 1180. The third-order valence-corrected chi connectivity index (χ3v) is 6.64. The summed E-state index contributed by atoms with van der Waals surface area (Å²) in [7, 11) is 0. The van der Waals surface area contributed by atoms with Crippen LogP contribution in [0.5, 0.6) is 0 Å². The average Bonchev–Trinajstić information content (AvgIpc) is 3.49. The van der Waals surface area contributed by atoms with Gasteiger partial charge in [-0.15, -0.1) is 0 Å². The molecule has 5 heteroatoms. The van der Waals surface area contributed by atoms with E-state index >= 15 is 0 Å². The van der Waals surface area contributed by atoms with Crippen LogP contribution in [0, 0.1) is 5.41 Å². The highest BCUT2D eigenvalue weighted by Gasteiger charge is 2.39. The summed E-state index contributed by atoms with van der Waals surface area (Å²) in [5, 5.41) is 0. The van der Waals surface area contributed by atoms with Crippen molar-refractivity contribution in [3.05, 3.63) is 66.7 Å². The minimum Gasteiger partial charge on any atom is -0.344 e. The predicted octanol–water partition coefficient (Wildman–Crippen LogP) is 5.96. The van der Waals surface area contributed by atoms with Gasteiger partial charge >= 0.3 is 0 Å². The Balaban J connectivity index is 1.56. The number of H-pyrrole nitrogens is 1. The van der Waals surface area contributed by atoms with Gasteiger partial charge in [-0.2, -0.15) is 0 Å². The first-order valence-electron chi connectivity index (χ1n) is 10.8. The molecule has 30 heavy (non-hydrogen) atoms. The zero-order chi connectivity index (χ0) is 20.6. The van der Waals surface area contributed by atoms with E-state index in [2.05, 4.69) is 33.6 Å². The summed E-state index contributed by atoms with van der Waals surface area (Å²) in [5.74, 6) is 0.225. The molecule has 3 aromatic heterocycles. The molecule has 1 aliphatic carbocycles. The fourth-order valence-corrected chi connectivity index (χ4v) is 4.79. The molecule has 1 N–H and O–H groups in total. The first kappa shape index (κ1) is 18.8. The Morgan fingerprint density at radius 1 is 1.13 bits per heavy atom. The van der Waals surface area contributed by atoms with E-state index in [0.29, 0.717) is 16.7 Å². The van der Waals surface area contributed by atoms with Crippen molar-refractivity contribution in [3.8, 4) is 16.9 Å². The number of ketones is 1. The first-order chi connectivity index (χ1) is 14.7. The fraction of sp³-hybridized carbons (Fsp3) is 0.320. The number of hydrogen-bond donors (Lipinski definition) is 1. The number of aromatic amines is 1. The van der Waals surface area contributed by atoms with Crippen molar-refractivity contribution < 1.29 is 4.79 Å². The van der Waals surface area contributed by atoms with Crippen molar-refractivity contribution in [2.24, 2.45) is 5.41 Å². The lowest BCUT2D eigenvalue weighted by Gasteiger charge is -2.34. The van der Waals surface area contributed by atoms with E-state index in [9.17, 15) is 4.79 Å². The predicted molar refractivity (Wildman–Crippen MR) is 119 cm³/mol. The number of hydrogen-bond acceptors (Lipinski definition) is 3. The van der Waals surface area contributed by atoms with Crippen LogP contribution in [0.25, 0.3) is 28.1 Å². The topological polar surface area (TPSA) is 63.6 Å². The number of fused-ring (bicyclic) bond motifs is 1. The van der Waals surface area contributed by atoms with Crippen molar-refractivity contribution in [2.75, 3.05) is 0 Å². The van der Waals surface area contributed by atoms with E-state index in [1.165, 1.54) is 6.42 Å². The lowest BCUT2D eigenvalue weighted by molar-refractivity contribution is 0.0704. The zero-order valence-electron chi connectivity index (χ0n) is 17.3. The van der Waals surface area contributed by atoms with Gasteiger partial charge in [-0.3, -0.25) is 4.79 Å². The molecule has 1 aliphatic rings. The second-order valence-electron chi connectivity index (χ2n) is 8.32. The molecule has 4 aromatic rings. The van der Waals surface area contributed by atoms with Crippen molar-refractivity contribution in [3.63, 3.8) is 0 Å². The van der Waals surface area contributed by atoms with Gasteiger partial charge in [0.05, 0.1) is 17.5 Å². The monoisotopic (exact) mass is 398 g/mol. The van der Waals surface area contributed by atoms with Crippen LogP contribution in [0.15, 0.2) is 61.2 Å². The van der Waals surface area contributed by atoms with Gasteiger partial charge in [0.25, 0.3) is 0 Å². The highest BCUT2D eigenvalue weighted by atomic mass is 16.1. The summed E-state index contributed by atoms with van der Waals surface area (Å²) in [6.07, 6.45) is 13.9. The Kier molecular flexibility index (Phi) is 4.74. The van der Waals surface area contributed by atoms with Crippen LogP contribution in [0.1, 0.15) is 55.8 Å². The number of carbonyl (C=O) groups is 1. The molecule has 0 atom stereocenters. The van der Waals surface area contributed by atoms with E-state index in [1.54, 1.807) is 12.4 Å². The molecule has 0 unspecified atom stereocenters. The third-order valence-electron chi connectivity index (χ3n) is 6.64. The van der Waals surface area contributed by atoms with Crippen molar-refractivity contribution >= 4 is 16.9 Å². The highest BCUT2D eigenvalue weighted by molar-refractivity contribution is 6.09. The number of aromatic nitrogens is 4. The summed E-state index contributed by atoms with van der Waals surface area (Å²) in [4.78, 5) is 26.2. The standard InChI is InChI=1S/C25H26N4O/c1-2-25(11-4-3-5-12-25)23(30)20-16-26-24-22(20)28-21(17-27-24)18-9-8-10-19(15-18)29-13-6-7-14-29/h6-10,13-17H,2-5,11-12H2,1H3,(H,26,27). The van der Waals surface area contributed by atoms with Crippen LogP contribution < -0.4 is 0 Å². The van der Waals surface area contributed by atoms with Crippen LogP contribution in [-0.4, -0.2) is 25.3 Å². The zero-order valence-corrected chi connectivity index (χ0v) is 17.3. The van der Waals surface area contributed by atoms with E-state index in [0.717, 1.165) is 49.0 Å². The molecule has 0 spiro atoms. The average molecular weight is 399 g/mol. The number of Topliss-reactive ketones (excluding diaryl/α,β-unsaturated/α-hetero) is 1. The normalized spacial score (nSPS) is 16.0. The molecule has 0 aliphatic heterocycles. The number of nitrogens with one attached hydrogen (secondary N) is 1. The van der Waals surface area contributed by atoms with Crippen LogP contribution in [0.2, 0.25) is 0 Å². The minimum atomic E-state index is -0.251. The molecule has 0 amide bonds. The third kappa shape index (κ3) is 3.15. The summed E-state index contributed by atoms with van der Waals surface area (Å²) in [6, 6.07) is 12.2. The Hall–Kier alpha value is -3.21. The van der Waals surface area contributed by atoms with Crippen molar-refractivity contribution in [1.82, 2.24) is 19.5 Å². The van der Waals surface area contributed by atoms with Crippen LogP contribution >= 0.6 is 0 Å². The number of benzene rings is 1. The van der Waals surface area contributed by atoms with E-state index < -0.39 is 0 Å². The molecular weight excluding hydrogens is 372 g/mol. The number of carbonyl (C=O) groups excluding carboxylic acids is 1. The summed E-state index contributed by atoms with van der Waals surface area (Å²) in [6.45, 7) is 2.14.